The summed E-state index contributed by atoms with van der Waals surface area (Å²) < 4.78 is 35.0. The number of ether oxygens (including phenoxy) is 1. The molecule has 0 spiro atoms. The molecule has 1 fully saturated rings. The van der Waals surface area contributed by atoms with Gasteiger partial charge in [0.2, 0.25) is 0 Å². The first-order valence-corrected chi connectivity index (χ1v) is 9.96. The summed E-state index contributed by atoms with van der Waals surface area (Å²) in [4.78, 5) is 0. The van der Waals surface area contributed by atoms with Gasteiger partial charge in [-0.3, -0.25) is 0 Å². The number of nitrogens with zero attached hydrogens (tertiary/aromatic N) is 2. The lowest BCUT2D eigenvalue weighted by atomic mass is 9.94. The van der Waals surface area contributed by atoms with Crippen molar-refractivity contribution in [2.75, 3.05) is 27.2 Å². The van der Waals surface area contributed by atoms with E-state index in [9.17, 15) is 8.42 Å². The zero-order chi connectivity index (χ0) is 17.2. The minimum absolute atomic E-state index is 0.282. The van der Waals surface area contributed by atoms with Crippen LogP contribution in [0.3, 0.4) is 0 Å². The van der Waals surface area contributed by atoms with E-state index in [0.717, 1.165) is 16.5 Å². The fraction of sp³-hybridized carbons (Fsp3) is 0.625. The summed E-state index contributed by atoms with van der Waals surface area (Å²) in [6.07, 6.45) is 1.08. The number of benzene rings is 1. The maximum Gasteiger partial charge on any atom is 0.282 e. The Morgan fingerprint density at radius 1 is 1.30 bits per heavy atom. The van der Waals surface area contributed by atoms with E-state index in [1.165, 1.54) is 4.31 Å². The van der Waals surface area contributed by atoms with Crippen LogP contribution in [-0.4, -0.2) is 44.3 Å². The van der Waals surface area contributed by atoms with Crippen LogP contribution >= 0.6 is 15.9 Å². The van der Waals surface area contributed by atoms with Gasteiger partial charge >= 0.3 is 0 Å². The molecule has 0 aliphatic carbocycles. The van der Waals surface area contributed by atoms with E-state index in [1.807, 2.05) is 18.2 Å². The van der Waals surface area contributed by atoms with Crippen LogP contribution in [0.15, 0.2) is 22.7 Å². The van der Waals surface area contributed by atoms with Crippen LogP contribution in [0.1, 0.15) is 25.8 Å². The molecule has 1 aromatic rings. The summed E-state index contributed by atoms with van der Waals surface area (Å²) in [6, 6.07) is 5.61. The fourth-order valence-electron chi connectivity index (χ4n) is 3.18. The van der Waals surface area contributed by atoms with Crippen molar-refractivity contribution in [3.8, 4) is 5.75 Å². The highest BCUT2D eigenvalue weighted by molar-refractivity contribution is 9.10. The zero-order valence-corrected chi connectivity index (χ0v) is 16.5. The van der Waals surface area contributed by atoms with Gasteiger partial charge in [-0.15, -0.1) is 0 Å². The van der Waals surface area contributed by atoms with Gasteiger partial charge in [-0.25, -0.2) is 0 Å². The second-order valence-corrected chi connectivity index (χ2v) is 9.43. The molecule has 2 atom stereocenters. The van der Waals surface area contributed by atoms with Gasteiger partial charge in [-0.05, 0) is 36.5 Å². The van der Waals surface area contributed by atoms with Gasteiger partial charge in [0.1, 0.15) is 5.75 Å². The molecule has 0 saturated carbocycles. The number of rotatable bonds is 5. The quantitative estimate of drug-likeness (QED) is 0.757. The molecule has 1 saturated heterocycles. The average molecular weight is 405 g/mol. The van der Waals surface area contributed by atoms with Crippen LogP contribution in [0, 0.1) is 11.8 Å². The maximum atomic E-state index is 12.9. The Bertz CT molecular complexity index is 641. The van der Waals surface area contributed by atoms with Gasteiger partial charge in [0, 0.05) is 36.7 Å². The first kappa shape index (κ1) is 18.7. The van der Waals surface area contributed by atoms with Crippen molar-refractivity contribution in [1.29, 1.82) is 0 Å². The van der Waals surface area contributed by atoms with E-state index in [0.29, 0.717) is 30.7 Å². The summed E-state index contributed by atoms with van der Waals surface area (Å²) in [5, 5.41) is 0. The van der Waals surface area contributed by atoms with Crippen LogP contribution in [0.5, 0.6) is 5.75 Å². The Morgan fingerprint density at radius 3 is 2.48 bits per heavy atom. The van der Waals surface area contributed by atoms with Crippen molar-refractivity contribution < 1.29 is 13.2 Å². The van der Waals surface area contributed by atoms with Crippen LogP contribution in [0.25, 0.3) is 0 Å². The third-order valence-corrected chi connectivity index (χ3v) is 6.55. The number of hydrogen-bond donors (Lipinski definition) is 0. The van der Waals surface area contributed by atoms with E-state index in [4.69, 9.17) is 4.74 Å². The number of methoxy groups -OCH3 is 1. The number of halogens is 1. The van der Waals surface area contributed by atoms with Crippen molar-refractivity contribution in [3.63, 3.8) is 0 Å². The van der Waals surface area contributed by atoms with Gasteiger partial charge in [0.05, 0.1) is 7.11 Å². The molecule has 0 amide bonds. The molecule has 1 aromatic carbocycles. The summed E-state index contributed by atoms with van der Waals surface area (Å²) in [5.41, 5.74) is 0.839. The fourth-order valence-corrected chi connectivity index (χ4v) is 5.17. The molecule has 0 bridgehead atoms. The first-order valence-electron chi connectivity index (χ1n) is 7.78. The highest BCUT2D eigenvalue weighted by atomic mass is 79.9. The molecule has 1 aliphatic rings. The Balaban J connectivity index is 2.19. The monoisotopic (exact) mass is 404 g/mol. The summed E-state index contributed by atoms with van der Waals surface area (Å²) in [5.74, 6) is 1.47. The zero-order valence-electron chi connectivity index (χ0n) is 14.1. The Morgan fingerprint density at radius 2 is 1.91 bits per heavy atom. The third-order valence-electron chi connectivity index (χ3n) is 4.19. The normalized spacial score (nSPS) is 23.2. The van der Waals surface area contributed by atoms with Gasteiger partial charge in [0.15, 0.2) is 0 Å². The van der Waals surface area contributed by atoms with Gasteiger partial charge in [0.25, 0.3) is 10.2 Å². The first-order chi connectivity index (χ1) is 10.7. The SMILES string of the molecule is COc1ccc(Br)cc1CN(C)S(=O)(=O)N1C[C@H](C)C[C@H](C)C1. The molecule has 0 aromatic heterocycles. The lowest BCUT2D eigenvalue weighted by molar-refractivity contribution is 0.211. The van der Waals surface area contributed by atoms with Gasteiger partial charge in [-0.1, -0.05) is 29.8 Å². The van der Waals surface area contributed by atoms with E-state index >= 15 is 0 Å². The molecular weight excluding hydrogens is 380 g/mol. The lowest BCUT2D eigenvalue weighted by Crippen LogP contribution is -2.48. The number of hydrogen-bond acceptors (Lipinski definition) is 3. The second-order valence-electron chi connectivity index (χ2n) is 6.48. The molecule has 2 rings (SSSR count). The number of piperidine rings is 1. The molecule has 130 valence electrons. The molecule has 23 heavy (non-hydrogen) atoms. The van der Waals surface area contributed by atoms with Crippen molar-refractivity contribution >= 4 is 26.1 Å². The molecule has 1 aliphatic heterocycles. The molecule has 5 nitrogen and oxygen atoms in total. The maximum absolute atomic E-state index is 12.9. The van der Waals surface area contributed by atoms with Crippen molar-refractivity contribution in [3.05, 3.63) is 28.2 Å². The Labute approximate surface area is 147 Å². The van der Waals surface area contributed by atoms with Crippen molar-refractivity contribution in [1.82, 2.24) is 8.61 Å². The predicted molar refractivity (Wildman–Crippen MR) is 95.6 cm³/mol. The van der Waals surface area contributed by atoms with Crippen molar-refractivity contribution in [2.45, 2.75) is 26.8 Å². The minimum atomic E-state index is -3.47. The molecule has 7 heteroatoms. The van der Waals surface area contributed by atoms with Crippen LogP contribution < -0.4 is 4.74 Å². The summed E-state index contributed by atoms with van der Waals surface area (Å²) in [7, 11) is -0.251. The lowest BCUT2D eigenvalue weighted by Gasteiger charge is -2.36. The standard InChI is InChI=1S/C16H25BrN2O3S/c1-12-7-13(2)10-19(9-12)23(20,21)18(3)11-14-8-15(17)5-6-16(14)22-4/h5-6,8,12-13H,7,9-11H2,1-4H3/t12-,13+. The topological polar surface area (TPSA) is 49.9 Å². The smallest absolute Gasteiger partial charge is 0.282 e. The van der Waals surface area contributed by atoms with E-state index in [-0.39, 0.29) is 6.54 Å². The third kappa shape index (κ3) is 4.47. The molecule has 1 heterocycles. The van der Waals surface area contributed by atoms with E-state index < -0.39 is 10.2 Å². The Hall–Kier alpha value is -0.630. The summed E-state index contributed by atoms with van der Waals surface area (Å²) >= 11 is 3.42. The second kappa shape index (κ2) is 7.51. The summed E-state index contributed by atoms with van der Waals surface area (Å²) in [6.45, 7) is 5.68. The van der Waals surface area contributed by atoms with Crippen LogP contribution in [0.2, 0.25) is 0 Å². The van der Waals surface area contributed by atoms with Crippen LogP contribution in [-0.2, 0) is 16.8 Å². The molecule has 0 unspecified atom stereocenters. The Kier molecular flexibility index (Phi) is 6.10. The van der Waals surface area contributed by atoms with Gasteiger partial charge < -0.3 is 4.74 Å². The molecule has 0 radical (unpaired) electrons. The van der Waals surface area contributed by atoms with Crippen molar-refractivity contribution in [2.24, 2.45) is 11.8 Å². The van der Waals surface area contributed by atoms with E-state index in [2.05, 4.69) is 29.8 Å². The minimum Gasteiger partial charge on any atom is -0.496 e. The van der Waals surface area contributed by atoms with Gasteiger partial charge in [-0.2, -0.15) is 17.0 Å². The average Bonchev–Trinajstić information content (AvgIpc) is 2.46. The highest BCUT2D eigenvalue weighted by Crippen LogP contribution is 2.27. The van der Waals surface area contributed by atoms with Crippen LogP contribution in [0.4, 0.5) is 0 Å². The highest BCUT2D eigenvalue weighted by Gasteiger charge is 2.33. The largest absolute Gasteiger partial charge is 0.496 e. The predicted octanol–water partition coefficient (Wildman–Crippen LogP) is 3.11. The van der Waals surface area contributed by atoms with E-state index in [1.54, 1.807) is 18.5 Å². The molecule has 0 N–H and O–H groups in total. The molecular formula is C16H25BrN2O3S.